The molecule has 128 valence electrons. The number of para-hydroxylation sites is 2. The second-order valence-electron chi connectivity index (χ2n) is 5.78. The molecule has 0 saturated heterocycles. The fourth-order valence-corrected chi connectivity index (χ4v) is 2.57. The third-order valence-corrected chi connectivity index (χ3v) is 3.93. The predicted molar refractivity (Wildman–Crippen MR) is 102 cm³/mol. The van der Waals surface area contributed by atoms with E-state index in [2.05, 4.69) is 9.97 Å². The fraction of sp³-hybridized carbons (Fsp3) is 0.200. The highest BCUT2D eigenvalue weighted by molar-refractivity contribution is 5.80. The highest BCUT2D eigenvalue weighted by atomic mass is 16.5. The largest absolute Gasteiger partial charge is 0.496 e. The number of ether oxygens (including phenoxy) is 2. The van der Waals surface area contributed by atoms with Crippen LogP contribution in [-0.4, -0.2) is 38.3 Å². The van der Waals surface area contributed by atoms with Crippen LogP contribution in [-0.2, 0) is 0 Å². The van der Waals surface area contributed by atoms with Gasteiger partial charge in [-0.05, 0) is 24.3 Å². The molecule has 0 aliphatic rings. The molecule has 0 N–H and O–H groups in total. The maximum absolute atomic E-state index is 5.54. The minimum atomic E-state index is 0.744. The number of methoxy groups -OCH3 is 2. The van der Waals surface area contributed by atoms with Gasteiger partial charge in [-0.3, -0.25) is 4.98 Å². The molecule has 0 amide bonds. The Bertz CT molecular complexity index is 895. The number of hydrogen-bond donors (Lipinski definition) is 0. The van der Waals surface area contributed by atoms with Gasteiger partial charge in [0.25, 0.3) is 0 Å². The number of anilines is 1. The van der Waals surface area contributed by atoms with E-state index in [4.69, 9.17) is 9.47 Å². The van der Waals surface area contributed by atoms with Crippen LogP contribution in [0.5, 0.6) is 11.5 Å². The Morgan fingerprint density at radius 3 is 2.16 bits per heavy atom. The Labute approximate surface area is 147 Å². The Morgan fingerprint density at radius 1 is 0.920 bits per heavy atom. The summed E-state index contributed by atoms with van der Waals surface area (Å²) in [5, 5.41) is 0. The molecule has 0 bridgehead atoms. The summed E-state index contributed by atoms with van der Waals surface area (Å²) in [5.74, 6) is 1.49. The van der Waals surface area contributed by atoms with Crippen molar-refractivity contribution in [2.24, 2.45) is 0 Å². The van der Waals surface area contributed by atoms with E-state index >= 15 is 0 Å². The van der Waals surface area contributed by atoms with Crippen molar-refractivity contribution in [1.29, 1.82) is 0 Å². The van der Waals surface area contributed by atoms with Gasteiger partial charge in [0.15, 0.2) is 0 Å². The maximum atomic E-state index is 5.54. The van der Waals surface area contributed by atoms with Gasteiger partial charge >= 0.3 is 0 Å². The first-order valence-electron chi connectivity index (χ1n) is 7.95. The molecule has 3 rings (SSSR count). The van der Waals surface area contributed by atoms with E-state index in [1.807, 2.05) is 67.5 Å². The summed E-state index contributed by atoms with van der Waals surface area (Å²) in [6, 6.07) is 11.8. The molecule has 0 unspecified atom stereocenters. The van der Waals surface area contributed by atoms with E-state index in [-0.39, 0.29) is 0 Å². The lowest BCUT2D eigenvalue weighted by atomic mass is 10.1. The number of nitrogens with zero attached hydrogens (tertiary/aromatic N) is 3. The monoisotopic (exact) mass is 335 g/mol. The summed E-state index contributed by atoms with van der Waals surface area (Å²) in [4.78, 5) is 11.0. The normalized spacial score (nSPS) is 11.0. The minimum Gasteiger partial charge on any atom is -0.496 e. The molecule has 25 heavy (non-hydrogen) atoms. The number of hydrogen-bond acceptors (Lipinski definition) is 5. The van der Waals surface area contributed by atoms with Crippen molar-refractivity contribution in [1.82, 2.24) is 9.97 Å². The zero-order chi connectivity index (χ0) is 17.8. The zero-order valence-corrected chi connectivity index (χ0v) is 14.9. The number of benzene rings is 2. The zero-order valence-electron chi connectivity index (χ0n) is 14.9. The first-order chi connectivity index (χ1) is 12.1. The van der Waals surface area contributed by atoms with Crippen LogP contribution < -0.4 is 14.4 Å². The molecular weight excluding hydrogens is 314 g/mol. The van der Waals surface area contributed by atoms with Crippen molar-refractivity contribution >= 4 is 28.9 Å². The topological polar surface area (TPSA) is 47.5 Å². The van der Waals surface area contributed by atoms with Gasteiger partial charge in [0.2, 0.25) is 0 Å². The summed E-state index contributed by atoms with van der Waals surface area (Å²) < 4.78 is 11.1. The van der Waals surface area contributed by atoms with Crippen molar-refractivity contribution in [3.8, 4) is 11.5 Å². The van der Waals surface area contributed by atoms with Crippen LogP contribution in [0.15, 0.2) is 42.6 Å². The fourth-order valence-electron chi connectivity index (χ4n) is 2.57. The molecule has 5 nitrogen and oxygen atoms in total. The quantitative estimate of drug-likeness (QED) is 0.708. The molecule has 5 heteroatoms. The molecule has 1 aromatic heterocycles. The van der Waals surface area contributed by atoms with E-state index < -0.39 is 0 Å². The first-order valence-corrected chi connectivity index (χ1v) is 7.95. The Morgan fingerprint density at radius 2 is 1.56 bits per heavy atom. The molecule has 0 atom stereocenters. The third-order valence-electron chi connectivity index (χ3n) is 3.93. The van der Waals surface area contributed by atoms with Gasteiger partial charge < -0.3 is 14.4 Å². The molecule has 0 aliphatic heterocycles. The summed E-state index contributed by atoms with van der Waals surface area (Å²) in [7, 11) is 7.27. The number of fused-ring (bicyclic) bond motifs is 1. The summed E-state index contributed by atoms with van der Waals surface area (Å²) in [6.45, 7) is 0. The lowest BCUT2D eigenvalue weighted by molar-refractivity contribution is 0.393. The van der Waals surface area contributed by atoms with Gasteiger partial charge in [0, 0.05) is 31.9 Å². The lowest BCUT2D eigenvalue weighted by Crippen LogP contribution is -2.09. The van der Waals surface area contributed by atoms with Gasteiger partial charge in [0.1, 0.15) is 11.5 Å². The maximum Gasteiger partial charge on any atom is 0.131 e. The SMILES string of the molecule is COc1cc(N(C)C)cc(OC)c1/C=C/c1cnc2ccccc2n1. The molecule has 0 saturated carbocycles. The van der Waals surface area contributed by atoms with Crippen LogP contribution in [0.25, 0.3) is 23.2 Å². The van der Waals surface area contributed by atoms with Gasteiger partial charge in [-0.2, -0.15) is 0 Å². The molecule has 3 aromatic rings. The molecule has 0 aliphatic carbocycles. The van der Waals surface area contributed by atoms with Gasteiger partial charge in [-0.25, -0.2) is 4.98 Å². The standard InChI is InChI=1S/C20H21N3O2/c1-23(2)15-11-19(24-3)16(20(12-15)25-4)10-9-14-13-21-17-7-5-6-8-18(17)22-14/h5-13H,1-4H3/b10-9+. The Hall–Kier alpha value is -3.08. The summed E-state index contributed by atoms with van der Waals surface area (Å²) in [5.41, 5.74) is 4.40. The summed E-state index contributed by atoms with van der Waals surface area (Å²) >= 11 is 0. The van der Waals surface area contributed by atoms with E-state index in [1.165, 1.54) is 0 Å². The highest BCUT2D eigenvalue weighted by Gasteiger charge is 2.11. The molecule has 0 fully saturated rings. The van der Waals surface area contributed by atoms with E-state index in [9.17, 15) is 0 Å². The third kappa shape index (κ3) is 3.55. The van der Waals surface area contributed by atoms with Crippen molar-refractivity contribution in [2.75, 3.05) is 33.2 Å². The number of rotatable bonds is 5. The average molecular weight is 335 g/mol. The molecule has 2 aromatic carbocycles. The van der Waals surface area contributed by atoms with E-state index in [1.54, 1.807) is 20.4 Å². The van der Waals surface area contributed by atoms with Gasteiger partial charge in [-0.1, -0.05) is 12.1 Å². The average Bonchev–Trinajstić information content (AvgIpc) is 2.65. The smallest absolute Gasteiger partial charge is 0.131 e. The lowest BCUT2D eigenvalue weighted by Gasteiger charge is -2.17. The van der Waals surface area contributed by atoms with Crippen molar-refractivity contribution < 1.29 is 9.47 Å². The predicted octanol–water partition coefficient (Wildman–Crippen LogP) is 3.88. The second-order valence-corrected chi connectivity index (χ2v) is 5.78. The van der Waals surface area contributed by atoms with Crippen LogP contribution in [0.1, 0.15) is 11.3 Å². The number of aromatic nitrogens is 2. The van der Waals surface area contributed by atoms with Crippen LogP contribution in [0.4, 0.5) is 5.69 Å². The highest BCUT2D eigenvalue weighted by Crippen LogP contribution is 2.35. The first kappa shape index (κ1) is 16.8. The van der Waals surface area contributed by atoms with Crippen LogP contribution in [0, 0.1) is 0 Å². The van der Waals surface area contributed by atoms with Gasteiger partial charge in [-0.15, -0.1) is 0 Å². The second kappa shape index (κ2) is 7.21. The Kier molecular flexibility index (Phi) is 4.84. The van der Waals surface area contributed by atoms with Crippen LogP contribution >= 0.6 is 0 Å². The minimum absolute atomic E-state index is 0.744. The molecule has 0 spiro atoms. The van der Waals surface area contributed by atoms with E-state index in [0.29, 0.717) is 0 Å². The molecule has 0 radical (unpaired) electrons. The molecule has 1 heterocycles. The van der Waals surface area contributed by atoms with Crippen molar-refractivity contribution in [3.05, 3.63) is 53.9 Å². The van der Waals surface area contributed by atoms with Crippen LogP contribution in [0.2, 0.25) is 0 Å². The van der Waals surface area contributed by atoms with Gasteiger partial charge in [0.05, 0.1) is 42.7 Å². The van der Waals surface area contributed by atoms with Crippen LogP contribution in [0.3, 0.4) is 0 Å². The summed E-state index contributed by atoms with van der Waals surface area (Å²) in [6.07, 6.45) is 5.61. The van der Waals surface area contributed by atoms with Crippen molar-refractivity contribution in [2.45, 2.75) is 0 Å². The van der Waals surface area contributed by atoms with E-state index in [0.717, 1.165) is 39.5 Å². The van der Waals surface area contributed by atoms with Crippen molar-refractivity contribution in [3.63, 3.8) is 0 Å². The molecular formula is C20H21N3O2. The Balaban J connectivity index is 2.01.